The number of rotatable bonds is 7. The van der Waals surface area contributed by atoms with Crippen LogP contribution in [-0.4, -0.2) is 37.9 Å². The summed E-state index contributed by atoms with van der Waals surface area (Å²) in [6.45, 7) is 0.264. The lowest BCUT2D eigenvalue weighted by molar-refractivity contribution is 0.474. The van der Waals surface area contributed by atoms with E-state index in [-0.39, 0.29) is 18.7 Å². The van der Waals surface area contributed by atoms with E-state index in [4.69, 9.17) is 16.9 Å². The van der Waals surface area contributed by atoms with Crippen molar-refractivity contribution < 1.29 is 8.42 Å². The van der Waals surface area contributed by atoms with Gasteiger partial charge in [-0.25, -0.2) is 12.7 Å². The number of halogens is 1. The molecule has 14 heavy (non-hydrogen) atoms. The van der Waals surface area contributed by atoms with Gasteiger partial charge in [0.1, 0.15) is 0 Å². The van der Waals surface area contributed by atoms with Crippen molar-refractivity contribution in [2.75, 3.05) is 25.2 Å². The van der Waals surface area contributed by atoms with Crippen LogP contribution in [-0.2, 0) is 10.0 Å². The van der Waals surface area contributed by atoms with Gasteiger partial charge in [-0.3, -0.25) is 0 Å². The molecular formula is C8H15ClN2O2S. The van der Waals surface area contributed by atoms with Crippen LogP contribution in [0.3, 0.4) is 0 Å². The number of nitriles is 1. The molecule has 0 rings (SSSR count). The minimum atomic E-state index is -3.18. The molecule has 0 N–H and O–H groups in total. The Morgan fingerprint density at radius 1 is 1.43 bits per heavy atom. The van der Waals surface area contributed by atoms with Crippen molar-refractivity contribution >= 4 is 21.6 Å². The Kier molecular flexibility index (Phi) is 6.89. The number of hydrogen-bond acceptors (Lipinski definition) is 3. The van der Waals surface area contributed by atoms with Crippen LogP contribution in [0.15, 0.2) is 0 Å². The van der Waals surface area contributed by atoms with Gasteiger partial charge >= 0.3 is 0 Å². The summed E-state index contributed by atoms with van der Waals surface area (Å²) in [6.07, 6.45) is 1.50. The first-order valence-electron chi connectivity index (χ1n) is 4.41. The molecule has 0 aromatic heterocycles. The SMILES string of the molecule is CN(CCC#N)S(=O)(=O)CCCCCl. The Hall–Kier alpha value is -0.310. The summed E-state index contributed by atoms with van der Waals surface area (Å²) in [5.74, 6) is 0.596. The molecule has 0 bridgehead atoms. The first kappa shape index (κ1) is 13.7. The maximum Gasteiger partial charge on any atom is 0.213 e. The molecule has 4 nitrogen and oxygen atoms in total. The van der Waals surface area contributed by atoms with E-state index < -0.39 is 10.0 Å². The van der Waals surface area contributed by atoms with Gasteiger partial charge in [-0.2, -0.15) is 5.26 Å². The van der Waals surface area contributed by atoms with E-state index in [1.165, 1.54) is 11.4 Å². The van der Waals surface area contributed by atoms with Gasteiger partial charge in [-0.15, -0.1) is 11.6 Å². The highest BCUT2D eigenvalue weighted by Gasteiger charge is 2.16. The maximum atomic E-state index is 11.5. The zero-order valence-corrected chi connectivity index (χ0v) is 9.81. The Morgan fingerprint density at radius 3 is 2.57 bits per heavy atom. The topological polar surface area (TPSA) is 61.2 Å². The molecule has 0 aromatic rings. The van der Waals surface area contributed by atoms with Crippen LogP contribution in [0, 0.1) is 11.3 Å². The highest BCUT2D eigenvalue weighted by molar-refractivity contribution is 7.89. The van der Waals surface area contributed by atoms with E-state index in [0.29, 0.717) is 18.7 Å². The predicted molar refractivity (Wildman–Crippen MR) is 56.6 cm³/mol. The minimum absolute atomic E-state index is 0.113. The van der Waals surface area contributed by atoms with Crippen LogP contribution < -0.4 is 0 Å². The number of alkyl halides is 1. The fraction of sp³-hybridized carbons (Fsp3) is 0.875. The monoisotopic (exact) mass is 238 g/mol. The average molecular weight is 239 g/mol. The lowest BCUT2D eigenvalue weighted by Gasteiger charge is -2.14. The predicted octanol–water partition coefficient (Wildman–Crippen LogP) is 1.18. The molecule has 0 amide bonds. The Balaban J connectivity index is 3.98. The molecule has 6 heteroatoms. The second-order valence-electron chi connectivity index (χ2n) is 2.94. The molecule has 0 spiro atoms. The van der Waals surface area contributed by atoms with E-state index in [2.05, 4.69) is 0 Å². The molecule has 0 fully saturated rings. The van der Waals surface area contributed by atoms with Gasteiger partial charge in [0.05, 0.1) is 11.8 Å². The van der Waals surface area contributed by atoms with Crippen LogP contribution in [0.2, 0.25) is 0 Å². The van der Waals surface area contributed by atoms with Crippen LogP contribution in [0.1, 0.15) is 19.3 Å². The van der Waals surface area contributed by atoms with Crippen molar-refractivity contribution in [2.24, 2.45) is 0 Å². The number of unbranched alkanes of at least 4 members (excludes halogenated alkanes) is 1. The summed E-state index contributed by atoms with van der Waals surface area (Å²) in [7, 11) is -1.69. The van der Waals surface area contributed by atoms with Crippen molar-refractivity contribution in [1.82, 2.24) is 4.31 Å². The Bertz CT molecular complexity index is 284. The molecule has 0 saturated carbocycles. The lowest BCUT2D eigenvalue weighted by atomic mass is 10.4. The third kappa shape index (κ3) is 5.43. The van der Waals surface area contributed by atoms with Gasteiger partial charge in [-0.05, 0) is 12.8 Å². The van der Waals surface area contributed by atoms with Crippen molar-refractivity contribution in [3.05, 3.63) is 0 Å². The van der Waals surface area contributed by atoms with Gasteiger partial charge in [-0.1, -0.05) is 0 Å². The summed E-state index contributed by atoms with van der Waals surface area (Å²) in [6, 6.07) is 1.91. The maximum absolute atomic E-state index is 11.5. The van der Waals surface area contributed by atoms with E-state index in [1.807, 2.05) is 6.07 Å². The van der Waals surface area contributed by atoms with E-state index in [1.54, 1.807) is 0 Å². The normalized spacial score (nSPS) is 11.6. The number of sulfonamides is 1. The fourth-order valence-electron chi connectivity index (χ4n) is 0.881. The van der Waals surface area contributed by atoms with E-state index in [0.717, 1.165) is 0 Å². The highest BCUT2D eigenvalue weighted by atomic mass is 35.5. The average Bonchev–Trinajstić information content (AvgIpc) is 2.14. The molecule has 0 aliphatic heterocycles. The van der Waals surface area contributed by atoms with Crippen LogP contribution in [0.5, 0.6) is 0 Å². The lowest BCUT2D eigenvalue weighted by Crippen LogP contribution is -2.30. The molecule has 0 aliphatic carbocycles. The van der Waals surface area contributed by atoms with Gasteiger partial charge in [0.2, 0.25) is 10.0 Å². The van der Waals surface area contributed by atoms with Gasteiger partial charge < -0.3 is 0 Å². The van der Waals surface area contributed by atoms with Crippen LogP contribution >= 0.6 is 11.6 Å². The molecule has 0 radical (unpaired) electrons. The fourth-order valence-corrected chi connectivity index (χ4v) is 2.32. The number of hydrogen-bond donors (Lipinski definition) is 0. The Labute approximate surface area is 90.5 Å². The first-order chi connectivity index (χ1) is 6.54. The standard InChI is InChI=1S/C8H15ClN2O2S/c1-11(7-4-6-10)14(12,13)8-3-2-5-9/h2-5,7-8H2,1H3. The summed E-state index contributed by atoms with van der Waals surface area (Å²) in [4.78, 5) is 0. The smallest absolute Gasteiger partial charge is 0.212 e. The molecule has 0 aromatic carbocycles. The van der Waals surface area contributed by atoms with Gasteiger partial charge in [0, 0.05) is 25.9 Å². The van der Waals surface area contributed by atoms with Gasteiger partial charge in [0.15, 0.2) is 0 Å². The zero-order chi connectivity index (χ0) is 11.0. The third-order valence-electron chi connectivity index (χ3n) is 1.80. The first-order valence-corrected chi connectivity index (χ1v) is 6.56. The molecule has 0 atom stereocenters. The zero-order valence-electron chi connectivity index (χ0n) is 8.24. The van der Waals surface area contributed by atoms with Crippen molar-refractivity contribution in [3.8, 4) is 6.07 Å². The van der Waals surface area contributed by atoms with E-state index in [9.17, 15) is 8.42 Å². The second kappa shape index (κ2) is 7.04. The second-order valence-corrected chi connectivity index (χ2v) is 5.52. The van der Waals surface area contributed by atoms with Gasteiger partial charge in [0.25, 0.3) is 0 Å². The van der Waals surface area contributed by atoms with Crippen LogP contribution in [0.25, 0.3) is 0 Å². The molecular weight excluding hydrogens is 224 g/mol. The highest BCUT2D eigenvalue weighted by Crippen LogP contribution is 2.03. The minimum Gasteiger partial charge on any atom is -0.212 e. The molecule has 0 aliphatic rings. The third-order valence-corrected chi connectivity index (χ3v) is 4.00. The summed E-state index contributed by atoms with van der Waals surface area (Å²) < 4.78 is 24.2. The van der Waals surface area contributed by atoms with Crippen molar-refractivity contribution in [3.63, 3.8) is 0 Å². The molecule has 0 unspecified atom stereocenters. The Morgan fingerprint density at radius 2 is 2.07 bits per heavy atom. The van der Waals surface area contributed by atoms with E-state index >= 15 is 0 Å². The van der Waals surface area contributed by atoms with Crippen molar-refractivity contribution in [1.29, 1.82) is 5.26 Å². The van der Waals surface area contributed by atoms with Crippen molar-refractivity contribution in [2.45, 2.75) is 19.3 Å². The van der Waals surface area contributed by atoms with Crippen LogP contribution in [0.4, 0.5) is 0 Å². The summed E-state index contributed by atoms with van der Waals surface area (Å²) in [5.41, 5.74) is 0. The summed E-state index contributed by atoms with van der Waals surface area (Å²) >= 11 is 5.44. The molecule has 0 heterocycles. The largest absolute Gasteiger partial charge is 0.213 e. The molecule has 0 saturated heterocycles. The number of nitrogens with zero attached hydrogens (tertiary/aromatic N) is 2. The molecule has 82 valence electrons. The quantitative estimate of drug-likeness (QED) is 0.494. The summed E-state index contributed by atoms with van der Waals surface area (Å²) in [5, 5.41) is 8.31.